The molecule has 0 aromatic heterocycles. The molecular weight excluding hydrogens is 244 g/mol. The maximum Gasteiger partial charge on any atom is 0.0429 e. The molecule has 0 atom stereocenters. The van der Waals surface area contributed by atoms with Crippen molar-refractivity contribution in [3.8, 4) is 0 Å². The summed E-state index contributed by atoms with van der Waals surface area (Å²) in [5.74, 6) is 2.09. The number of anilines is 1. The molecule has 0 aliphatic heterocycles. The third-order valence-corrected chi connectivity index (χ3v) is 3.62. The lowest BCUT2D eigenvalue weighted by Gasteiger charge is -2.25. The van der Waals surface area contributed by atoms with Gasteiger partial charge in [0.2, 0.25) is 0 Å². The Labute approximate surface area is 116 Å². The molecule has 0 saturated heterocycles. The molecule has 0 amide bonds. The summed E-state index contributed by atoms with van der Waals surface area (Å²) in [5.41, 5.74) is 7.65. The Morgan fingerprint density at radius 3 is 2.22 bits per heavy atom. The first-order valence-electron chi connectivity index (χ1n) is 6.65. The highest BCUT2D eigenvalue weighted by molar-refractivity contribution is 6.30. The summed E-state index contributed by atoms with van der Waals surface area (Å²) in [7, 11) is 0. The smallest absolute Gasteiger partial charge is 0.0429 e. The second-order valence-electron chi connectivity index (χ2n) is 5.68. The predicted molar refractivity (Wildman–Crippen MR) is 80.7 cm³/mol. The van der Waals surface area contributed by atoms with Crippen LogP contribution in [0.5, 0.6) is 0 Å². The summed E-state index contributed by atoms with van der Waals surface area (Å²) in [4.78, 5) is 0. The van der Waals surface area contributed by atoms with Gasteiger partial charge in [-0.2, -0.15) is 0 Å². The molecule has 102 valence electrons. The van der Waals surface area contributed by atoms with E-state index in [0.29, 0.717) is 22.8 Å². The highest BCUT2D eigenvalue weighted by atomic mass is 35.5. The molecule has 0 fully saturated rings. The molecule has 0 aliphatic carbocycles. The van der Waals surface area contributed by atoms with Gasteiger partial charge < -0.3 is 11.1 Å². The van der Waals surface area contributed by atoms with E-state index in [9.17, 15) is 0 Å². The lowest BCUT2D eigenvalue weighted by atomic mass is 9.85. The van der Waals surface area contributed by atoms with Crippen LogP contribution in [0.1, 0.15) is 33.3 Å². The van der Waals surface area contributed by atoms with Crippen molar-refractivity contribution in [3.05, 3.63) is 28.8 Å². The fourth-order valence-electron chi connectivity index (χ4n) is 2.40. The fraction of sp³-hybridized carbons (Fsp3) is 0.600. The van der Waals surface area contributed by atoms with Crippen LogP contribution in [-0.4, -0.2) is 6.54 Å². The molecule has 1 aromatic rings. The first-order valence-corrected chi connectivity index (χ1v) is 7.03. The normalized spacial score (nSPS) is 11.8. The Morgan fingerprint density at radius 1 is 1.11 bits per heavy atom. The summed E-state index contributed by atoms with van der Waals surface area (Å²) in [6, 6.07) is 5.71. The second-order valence-corrected chi connectivity index (χ2v) is 6.11. The number of hydrogen-bond donors (Lipinski definition) is 2. The topological polar surface area (TPSA) is 38.0 Å². The summed E-state index contributed by atoms with van der Waals surface area (Å²) in [5, 5.41) is 4.21. The minimum Gasteiger partial charge on any atom is -0.399 e. The van der Waals surface area contributed by atoms with Gasteiger partial charge in [0.15, 0.2) is 0 Å². The Bertz CT molecular complexity index is 347. The van der Waals surface area contributed by atoms with Gasteiger partial charge in [-0.25, -0.2) is 0 Å². The lowest BCUT2D eigenvalue weighted by molar-refractivity contribution is 0.275. The summed E-state index contributed by atoms with van der Waals surface area (Å²) in [6.07, 6.45) is 0. The van der Waals surface area contributed by atoms with E-state index < -0.39 is 0 Å². The Balaban J connectivity index is 2.50. The van der Waals surface area contributed by atoms with E-state index in [4.69, 9.17) is 17.3 Å². The number of rotatable bonds is 6. The van der Waals surface area contributed by atoms with Gasteiger partial charge in [0.05, 0.1) is 0 Å². The number of hydrogen-bond acceptors (Lipinski definition) is 2. The van der Waals surface area contributed by atoms with Gasteiger partial charge in [-0.15, -0.1) is 0 Å². The number of benzene rings is 1. The fourth-order valence-corrected chi connectivity index (χ4v) is 2.67. The van der Waals surface area contributed by atoms with Gasteiger partial charge in [0, 0.05) is 17.3 Å². The van der Waals surface area contributed by atoms with E-state index in [1.807, 2.05) is 12.1 Å². The molecule has 0 heterocycles. The predicted octanol–water partition coefficient (Wildman–Crippen LogP) is 3.94. The molecule has 0 spiro atoms. The summed E-state index contributed by atoms with van der Waals surface area (Å²) >= 11 is 5.98. The van der Waals surface area contributed by atoms with Crippen LogP contribution >= 0.6 is 11.6 Å². The van der Waals surface area contributed by atoms with Crippen molar-refractivity contribution in [2.24, 2.45) is 17.8 Å². The van der Waals surface area contributed by atoms with Crippen LogP contribution in [-0.2, 0) is 6.54 Å². The zero-order valence-corrected chi connectivity index (χ0v) is 12.6. The number of nitrogens with one attached hydrogen (secondary N) is 1. The van der Waals surface area contributed by atoms with Crippen LogP contribution in [0.3, 0.4) is 0 Å². The standard InChI is InChI=1S/C15H25ClN2/c1-10(2)15(11(3)4)9-18-8-12-5-13(16)7-14(17)6-12/h5-7,10-11,15,18H,8-9,17H2,1-4H3. The van der Waals surface area contributed by atoms with Crippen LogP contribution in [0, 0.1) is 17.8 Å². The van der Waals surface area contributed by atoms with E-state index in [0.717, 1.165) is 24.3 Å². The van der Waals surface area contributed by atoms with E-state index in [2.05, 4.69) is 33.0 Å². The van der Waals surface area contributed by atoms with Gasteiger partial charge in [0.1, 0.15) is 0 Å². The third kappa shape index (κ3) is 4.87. The molecular formula is C15H25ClN2. The van der Waals surface area contributed by atoms with Gasteiger partial charge >= 0.3 is 0 Å². The third-order valence-electron chi connectivity index (χ3n) is 3.40. The second kappa shape index (κ2) is 7.01. The molecule has 18 heavy (non-hydrogen) atoms. The van der Waals surface area contributed by atoms with Crippen molar-refractivity contribution in [3.63, 3.8) is 0 Å². The average Bonchev–Trinajstić information content (AvgIpc) is 2.21. The maximum atomic E-state index is 5.98. The van der Waals surface area contributed by atoms with Crippen molar-refractivity contribution in [1.82, 2.24) is 5.32 Å². The molecule has 1 aromatic carbocycles. The Morgan fingerprint density at radius 2 is 1.72 bits per heavy atom. The molecule has 3 heteroatoms. The molecule has 0 unspecified atom stereocenters. The van der Waals surface area contributed by atoms with Gasteiger partial charge in [-0.3, -0.25) is 0 Å². The van der Waals surface area contributed by atoms with Crippen LogP contribution < -0.4 is 11.1 Å². The molecule has 2 nitrogen and oxygen atoms in total. The van der Waals surface area contributed by atoms with Crippen molar-refractivity contribution in [2.75, 3.05) is 12.3 Å². The van der Waals surface area contributed by atoms with Gasteiger partial charge in [-0.05, 0) is 48.1 Å². The van der Waals surface area contributed by atoms with Crippen LogP contribution in [0.15, 0.2) is 18.2 Å². The quantitative estimate of drug-likeness (QED) is 0.767. The van der Waals surface area contributed by atoms with Crippen LogP contribution in [0.25, 0.3) is 0 Å². The van der Waals surface area contributed by atoms with Crippen LogP contribution in [0.4, 0.5) is 5.69 Å². The summed E-state index contributed by atoms with van der Waals surface area (Å²) < 4.78 is 0. The SMILES string of the molecule is CC(C)C(CNCc1cc(N)cc(Cl)c1)C(C)C. The van der Waals surface area contributed by atoms with Crippen LogP contribution in [0.2, 0.25) is 5.02 Å². The van der Waals surface area contributed by atoms with E-state index in [1.165, 1.54) is 0 Å². The highest BCUT2D eigenvalue weighted by Crippen LogP contribution is 2.20. The molecule has 1 rings (SSSR count). The average molecular weight is 269 g/mol. The monoisotopic (exact) mass is 268 g/mol. The molecule has 0 bridgehead atoms. The molecule has 0 aliphatic rings. The first-order chi connectivity index (χ1) is 8.40. The number of nitrogens with two attached hydrogens (primary N) is 1. The number of halogens is 1. The zero-order chi connectivity index (χ0) is 13.7. The molecule has 0 saturated carbocycles. The minimum atomic E-state index is 0.696. The number of nitrogen functional groups attached to an aromatic ring is 1. The van der Waals surface area contributed by atoms with E-state index in [-0.39, 0.29) is 0 Å². The molecule has 3 N–H and O–H groups in total. The Hall–Kier alpha value is -0.730. The van der Waals surface area contributed by atoms with Crippen molar-refractivity contribution >= 4 is 17.3 Å². The van der Waals surface area contributed by atoms with E-state index >= 15 is 0 Å². The van der Waals surface area contributed by atoms with E-state index in [1.54, 1.807) is 6.07 Å². The Kier molecular flexibility index (Phi) is 5.97. The van der Waals surface area contributed by atoms with Gasteiger partial charge in [0.25, 0.3) is 0 Å². The highest BCUT2D eigenvalue weighted by Gasteiger charge is 2.16. The summed E-state index contributed by atoms with van der Waals surface area (Å²) in [6.45, 7) is 11.0. The van der Waals surface area contributed by atoms with Crippen molar-refractivity contribution in [2.45, 2.75) is 34.2 Å². The van der Waals surface area contributed by atoms with Crippen molar-refractivity contribution in [1.29, 1.82) is 0 Å². The first kappa shape index (κ1) is 15.3. The zero-order valence-electron chi connectivity index (χ0n) is 11.8. The minimum absolute atomic E-state index is 0.696. The van der Waals surface area contributed by atoms with Crippen molar-refractivity contribution < 1.29 is 0 Å². The van der Waals surface area contributed by atoms with Gasteiger partial charge in [-0.1, -0.05) is 39.3 Å². The maximum absolute atomic E-state index is 5.98. The molecule has 0 radical (unpaired) electrons. The largest absolute Gasteiger partial charge is 0.399 e. The lowest BCUT2D eigenvalue weighted by Crippen LogP contribution is -2.29.